The van der Waals surface area contributed by atoms with Crippen molar-refractivity contribution < 1.29 is 16.8 Å². The van der Waals surface area contributed by atoms with Crippen molar-refractivity contribution in [2.45, 2.75) is 43.9 Å². The summed E-state index contributed by atoms with van der Waals surface area (Å²) in [4.78, 5) is 0. The molecular formula is C12H24N2O4S2. The van der Waals surface area contributed by atoms with E-state index in [0.717, 1.165) is 19.4 Å². The van der Waals surface area contributed by atoms with Crippen molar-refractivity contribution in [3.63, 3.8) is 0 Å². The van der Waals surface area contributed by atoms with Gasteiger partial charge >= 0.3 is 0 Å². The molecule has 2 atom stereocenters. The van der Waals surface area contributed by atoms with E-state index in [9.17, 15) is 16.8 Å². The third-order valence-electron chi connectivity index (χ3n) is 4.37. The molecule has 118 valence electrons. The van der Waals surface area contributed by atoms with Gasteiger partial charge in [-0.2, -0.15) is 0 Å². The predicted octanol–water partition coefficient (Wildman–Crippen LogP) is -0.129. The highest BCUT2D eigenvalue weighted by molar-refractivity contribution is 7.92. The summed E-state index contributed by atoms with van der Waals surface area (Å²) in [6.07, 6.45) is 2.67. The van der Waals surface area contributed by atoms with Gasteiger partial charge in [-0.05, 0) is 38.1 Å². The summed E-state index contributed by atoms with van der Waals surface area (Å²) in [7, 11) is -6.44. The first kappa shape index (κ1) is 16.2. The molecule has 2 aliphatic rings. The molecule has 0 aromatic rings. The Labute approximate surface area is 121 Å². The molecule has 8 heteroatoms. The van der Waals surface area contributed by atoms with Crippen LogP contribution in [0.25, 0.3) is 0 Å². The molecule has 2 unspecified atom stereocenters. The molecule has 2 N–H and O–H groups in total. The topological polar surface area (TPSA) is 92.3 Å². The second kappa shape index (κ2) is 6.29. The third-order valence-corrected chi connectivity index (χ3v) is 8.01. The molecule has 0 radical (unpaired) electrons. The van der Waals surface area contributed by atoms with Gasteiger partial charge < -0.3 is 5.32 Å². The lowest BCUT2D eigenvalue weighted by Gasteiger charge is -2.31. The molecule has 2 aliphatic heterocycles. The molecule has 20 heavy (non-hydrogen) atoms. The quantitative estimate of drug-likeness (QED) is 0.751. The lowest BCUT2D eigenvalue weighted by molar-refractivity contribution is 0.300. The molecule has 0 amide bonds. The van der Waals surface area contributed by atoms with E-state index in [4.69, 9.17) is 0 Å². The van der Waals surface area contributed by atoms with Gasteiger partial charge in [-0.25, -0.2) is 21.6 Å². The second-order valence-corrected chi connectivity index (χ2v) is 10.3. The van der Waals surface area contributed by atoms with E-state index in [0.29, 0.717) is 12.5 Å². The molecule has 0 bridgehead atoms. The predicted molar refractivity (Wildman–Crippen MR) is 78.8 cm³/mol. The zero-order valence-corrected chi connectivity index (χ0v) is 13.5. The molecule has 2 fully saturated rings. The zero-order chi connectivity index (χ0) is 14.8. The number of piperidine rings is 1. The Kier molecular flexibility index (Phi) is 5.09. The van der Waals surface area contributed by atoms with Gasteiger partial charge in [0.05, 0.1) is 16.8 Å². The van der Waals surface area contributed by atoms with E-state index in [2.05, 4.69) is 17.0 Å². The highest BCUT2D eigenvalue weighted by Gasteiger charge is 2.33. The Balaban J connectivity index is 1.88. The van der Waals surface area contributed by atoms with Crippen LogP contribution in [0.15, 0.2) is 0 Å². The van der Waals surface area contributed by atoms with E-state index >= 15 is 0 Å². The number of hydrogen-bond acceptors (Lipinski definition) is 5. The lowest BCUT2D eigenvalue weighted by atomic mass is 9.93. The van der Waals surface area contributed by atoms with Crippen LogP contribution in [0.5, 0.6) is 0 Å². The van der Waals surface area contributed by atoms with E-state index in [1.165, 1.54) is 0 Å². The Morgan fingerprint density at radius 1 is 1.20 bits per heavy atom. The van der Waals surface area contributed by atoms with Crippen molar-refractivity contribution >= 4 is 19.9 Å². The second-order valence-electron chi connectivity index (χ2n) is 5.92. The summed E-state index contributed by atoms with van der Waals surface area (Å²) < 4.78 is 49.8. The fourth-order valence-corrected chi connectivity index (χ4v) is 6.18. The summed E-state index contributed by atoms with van der Waals surface area (Å²) in [5.74, 6) is 0.422. The number of sulfonamides is 1. The fraction of sp³-hybridized carbons (Fsp3) is 1.00. The first-order valence-corrected chi connectivity index (χ1v) is 10.6. The average Bonchev–Trinajstić information content (AvgIpc) is 2.37. The van der Waals surface area contributed by atoms with Crippen LogP contribution in [0.4, 0.5) is 0 Å². The molecule has 2 heterocycles. The SMILES string of the molecule is CC1CCCNC1CNS(=O)(=O)C1CCS(=O)(=O)CC1. The molecule has 0 spiro atoms. The summed E-state index contributed by atoms with van der Waals surface area (Å²) in [6.45, 7) is 3.45. The summed E-state index contributed by atoms with van der Waals surface area (Å²) in [6, 6.07) is 0.172. The van der Waals surface area contributed by atoms with Crippen LogP contribution in [0.3, 0.4) is 0 Å². The van der Waals surface area contributed by atoms with Gasteiger partial charge in [0.15, 0.2) is 0 Å². The van der Waals surface area contributed by atoms with Crippen LogP contribution in [-0.4, -0.2) is 52.7 Å². The zero-order valence-electron chi connectivity index (χ0n) is 11.8. The van der Waals surface area contributed by atoms with Crippen LogP contribution >= 0.6 is 0 Å². The highest BCUT2D eigenvalue weighted by atomic mass is 32.2. The minimum atomic E-state index is -3.41. The van der Waals surface area contributed by atoms with Crippen LogP contribution < -0.4 is 10.0 Å². The molecule has 0 aliphatic carbocycles. The highest BCUT2D eigenvalue weighted by Crippen LogP contribution is 2.19. The van der Waals surface area contributed by atoms with Gasteiger partial charge in [0.1, 0.15) is 9.84 Å². The molecule has 0 saturated carbocycles. The first-order valence-electron chi connectivity index (χ1n) is 7.22. The Hall–Kier alpha value is -0.180. The number of nitrogens with one attached hydrogen (secondary N) is 2. The standard InChI is InChI=1S/C12H24N2O4S2/c1-10-3-2-6-13-12(10)9-14-20(17,18)11-4-7-19(15,16)8-5-11/h10-14H,2-9H2,1H3. The molecule has 2 saturated heterocycles. The van der Waals surface area contributed by atoms with E-state index in [1.807, 2.05) is 0 Å². The van der Waals surface area contributed by atoms with E-state index < -0.39 is 25.1 Å². The normalized spacial score (nSPS) is 32.0. The van der Waals surface area contributed by atoms with Crippen LogP contribution in [-0.2, 0) is 19.9 Å². The number of hydrogen-bond donors (Lipinski definition) is 2. The van der Waals surface area contributed by atoms with Gasteiger partial charge in [-0.15, -0.1) is 0 Å². The van der Waals surface area contributed by atoms with Crippen LogP contribution in [0, 0.1) is 5.92 Å². The minimum Gasteiger partial charge on any atom is -0.312 e. The third kappa shape index (κ3) is 4.16. The van der Waals surface area contributed by atoms with E-state index in [-0.39, 0.29) is 30.4 Å². The number of sulfone groups is 1. The van der Waals surface area contributed by atoms with Crippen molar-refractivity contribution in [2.75, 3.05) is 24.6 Å². The van der Waals surface area contributed by atoms with E-state index in [1.54, 1.807) is 0 Å². The summed E-state index contributed by atoms with van der Waals surface area (Å²) in [5, 5.41) is 2.77. The Bertz CT molecular complexity index is 516. The monoisotopic (exact) mass is 324 g/mol. The average molecular weight is 324 g/mol. The fourth-order valence-electron chi connectivity index (χ4n) is 2.89. The maximum Gasteiger partial charge on any atom is 0.214 e. The molecule has 2 rings (SSSR count). The van der Waals surface area contributed by atoms with Crippen molar-refractivity contribution in [1.82, 2.24) is 10.0 Å². The Morgan fingerprint density at radius 2 is 1.85 bits per heavy atom. The Morgan fingerprint density at radius 3 is 2.45 bits per heavy atom. The van der Waals surface area contributed by atoms with Gasteiger partial charge in [0, 0.05) is 12.6 Å². The smallest absolute Gasteiger partial charge is 0.214 e. The van der Waals surface area contributed by atoms with Crippen LogP contribution in [0.2, 0.25) is 0 Å². The van der Waals surface area contributed by atoms with Crippen molar-refractivity contribution in [1.29, 1.82) is 0 Å². The summed E-state index contributed by atoms with van der Waals surface area (Å²) in [5.41, 5.74) is 0. The van der Waals surface area contributed by atoms with Crippen molar-refractivity contribution in [2.24, 2.45) is 5.92 Å². The molecule has 0 aromatic heterocycles. The van der Waals surface area contributed by atoms with Gasteiger partial charge in [0.25, 0.3) is 0 Å². The minimum absolute atomic E-state index is 0.0172. The molecule has 0 aromatic carbocycles. The van der Waals surface area contributed by atoms with Gasteiger partial charge in [-0.1, -0.05) is 6.92 Å². The molecular weight excluding hydrogens is 300 g/mol. The maximum absolute atomic E-state index is 12.2. The van der Waals surface area contributed by atoms with Gasteiger partial charge in [0.2, 0.25) is 10.0 Å². The maximum atomic E-state index is 12.2. The number of rotatable bonds is 4. The van der Waals surface area contributed by atoms with Crippen molar-refractivity contribution in [3.8, 4) is 0 Å². The largest absolute Gasteiger partial charge is 0.312 e. The molecule has 6 nitrogen and oxygen atoms in total. The summed E-state index contributed by atoms with van der Waals surface area (Å²) >= 11 is 0. The lowest BCUT2D eigenvalue weighted by Crippen LogP contribution is -2.50. The first-order chi connectivity index (χ1) is 9.30. The van der Waals surface area contributed by atoms with Crippen molar-refractivity contribution in [3.05, 3.63) is 0 Å². The van der Waals surface area contributed by atoms with Crippen LogP contribution in [0.1, 0.15) is 32.6 Å². The van der Waals surface area contributed by atoms with Gasteiger partial charge in [-0.3, -0.25) is 0 Å².